The molecule has 0 bridgehead atoms. The molecular weight excluding hydrogens is 254 g/mol. The van der Waals surface area contributed by atoms with Crippen molar-refractivity contribution in [2.24, 2.45) is 5.92 Å². The summed E-state index contributed by atoms with van der Waals surface area (Å²) in [5.74, 6) is 1.34. The maximum absolute atomic E-state index is 5.22. The summed E-state index contributed by atoms with van der Waals surface area (Å²) in [6.07, 6.45) is 3.85. The SMILES string of the molecule is COc1ccc([C@@H]([C@H]2CCCNC2)n2ncnn2)cc1. The lowest BCUT2D eigenvalue weighted by Crippen LogP contribution is -2.36. The molecule has 0 spiro atoms. The predicted molar refractivity (Wildman–Crippen MR) is 74.5 cm³/mol. The van der Waals surface area contributed by atoms with Crippen LogP contribution in [0.1, 0.15) is 24.4 Å². The molecule has 2 atom stereocenters. The van der Waals surface area contributed by atoms with Gasteiger partial charge in [0.15, 0.2) is 6.33 Å². The average molecular weight is 273 g/mol. The Morgan fingerprint density at radius 2 is 2.20 bits per heavy atom. The van der Waals surface area contributed by atoms with E-state index in [-0.39, 0.29) is 6.04 Å². The summed E-state index contributed by atoms with van der Waals surface area (Å²) in [6, 6.07) is 8.25. The van der Waals surface area contributed by atoms with Gasteiger partial charge in [-0.3, -0.25) is 0 Å². The fourth-order valence-electron chi connectivity index (χ4n) is 2.85. The van der Waals surface area contributed by atoms with Crippen molar-refractivity contribution in [3.8, 4) is 5.75 Å². The predicted octanol–water partition coefficient (Wildman–Crippen LogP) is 1.27. The van der Waals surface area contributed by atoms with Gasteiger partial charge >= 0.3 is 0 Å². The molecule has 0 unspecified atom stereocenters. The van der Waals surface area contributed by atoms with Crippen molar-refractivity contribution in [3.05, 3.63) is 36.2 Å². The normalized spacial score (nSPS) is 20.6. The third kappa shape index (κ3) is 2.65. The number of hydrogen-bond acceptors (Lipinski definition) is 5. The first-order valence-corrected chi connectivity index (χ1v) is 6.95. The fourth-order valence-corrected chi connectivity index (χ4v) is 2.85. The first kappa shape index (κ1) is 13.1. The lowest BCUT2D eigenvalue weighted by atomic mass is 9.87. The van der Waals surface area contributed by atoms with Crippen LogP contribution in [0.2, 0.25) is 0 Å². The van der Waals surface area contributed by atoms with E-state index in [1.165, 1.54) is 24.7 Å². The zero-order valence-corrected chi connectivity index (χ0v) is 11.6. The first-order valence-electron chi connectivity index (χ1n) is 6.95. The van der Waals surface area contributed by atoms with E-state index in [4.69, 9.17) is 4.74 Å². The van der Waals surface area contributed by atoms with Gasteiger partial charge in [0.05, 0.1) is 7.11 Å². The quantitative estimate of drug-likeness (QED) is 0.909. The molecule has 0 saturated carbocycles. The third-order valence-electron chi connectivity index (χ3n) is 3.85. The van der Waals surface area contributed by atoms with Crippen molar-refractivity contribution < 1.29 is 4.74 Å². The highest BCUT2D eigenvalue weighted by Crippen LogP contribution is 2.30. The Kier molecular flexibility index (Phi) is 3.92. The summed E-state index contributed by atoms with van der Waals surface area (Å²) in [7, 11) is 1.68. The van der Waals surface area contributed by atoms with Crippen LogP contribution in [-0.4, -0.2) is 40.4 Å². The number of hydrogen-bond donors (Lipinski definition) is 1. The number of methoxy groups -OCH3 is 1. The minimum absolute atomic E-state index is 0.121. The molecule has 1 aromatic carbocycles. The van der Waals surface area contributed by atoms with E-state index in [0.717, 1.165) is 18.8 Å². The third-order valence-corrected chi connectivity index (χ3v) is 3.85. The summed E-state index contributed by atoms with van der Waals surface area (Å²) in [5, 5.41) is 15.7. The van der Waals surface area contributed by atoms with Gasteiger partial charge < -0.3 is 10.1 Å². The standard InChI is InChI=1S/C14H19N5O/c1-20-13-6-4-11(5-7-13)14(19-17-10-16-18-19)12-3-2-8-15-9-12/h4-7,10,12,14-15H,2-3,8-9H2,1H3/t12-,14-/m0/s1. The van der Waals surface area contributed by atoms with Crippen LogP contribution < -0.4 is 10.1 Å². The van der Waals surface area contributed by atoms with Gasteiger partial charge in [0.25, 0.3) is 0 Å². The van der Waals surface area contributed by atoms with Crippen LogP contribution in [0, 0.1) is 5.92 Å². The zero-order valence-electron chi connectivity index (χ0n) is 11.6. The Hall–Kier alpha value is -1.95. The summed E-state index contributed by atoms with van der Waals surface area (Å²) in [6.45, 7) is 2.08. The minimum atomic E-state index is 0.121. The van der Waals surface area contributed by atoms with Gasteiger partial charge in [0.1, 0.15) is 11.8 Å². The summed E-state index contributed by atoms with van der Waals surface area (Å²) in [4.78, 5) is 1.72. The molecule has 1 aromatic heterocycles. The molecule has 3 rings (SSSR count). The average Bonchev–Trinajstić information content (AvgIpc) is 3.03. The Bertz CT molecular complexity index is 519. The molecule has 2 heterocycles. The highest BCUT2D eigenvalue weighted by atomic mass is 16.5. The van der Waals surface area contributed by atoms with Crippen molar-refractivity contribution in [1.82, 2.24) is 25.5 Å². The number of nitrogens with one attached hydrogen (secondary N) is 1. The van der Waals surface area contributed by atoms with Crippen LogP contribution in [0.3, 0.4) is 0 Å². The van der Waals surface area contributed by atoms with Gasteiger partial charge in [0, 0.05) is 6.54 Å². The molecule has 20 heavy (non-hydrogen) atoms. The topological polar surface area (TPSA) is 64.9 Å². The molecule has 6 heteroatoms. The van der Waals surface area contributed by atoms with Crippen LogP contribution in [0.5, 0.6) is 5.75 Å². The maximum atomic E-state index is 5.22. The first-order chi connectivity index (χ1) is 9.88. The number of benzene rings is 1. The lowest BCUT2D eigenvalue weighted by Gasteiger charge is -2.30. The molecule has 1 saturated heterocycles. The van der Waals surface area contributed by atoms with Gasteiger partial charge in [-0.05, 0) is 48.2 Å². The Morgan fingerprint density at radius 1 is 1.35 bits per heavy atom. The van der Waals surface area contributed by atoms with Crippen LogP contribution >= 0.6 is 0 Å². The van der Waals surface area contributed by atoms with Crippen molar-refractivity contribution in [1.29, 1.82) is 0 Å². The second-order valence-electron chi connectivity index (χ2n) is 5.08. The molecule has 1 fully saturated rings. The number of ether oxygens (including phenoxy) is 1. The molecule has 0 radical (unpaired) electrons. The van der Waals surface area contributed by atoms with Gasteiger partial charge in [0.2, 0.25) is 0 Å². The molecule has 1 aliphatic heterocycles. The second kappa shape index (κ2) is 6.00. The molecule has 1 N–H and O–H groups in total. The highest BCUT2D eigenvalue weighted by Gasteiger charge is 2.28. The van der Waals surface area contributed by atoms with Crippen molar-refractivity contribution in [3.63, 3.8) is 0 Å². The number of aromatic nitrogens is 4. The Balaban J connectivity index is 1.91. The molecule has 2 aromatic rings. The molecule has 0 amide bonds. The fraction of sp³-hybridized carbons (Fsp3) is 0.500. The van der Waals surface area contributed by atoms with Crippen molar-refractivity contribution >= 4 is 0 Å². The van der Waals surface area contributed by atoms with E-state index in [1.54, 1.807) is 11.9 Å². The number of tetrazole rings is 1. The molecule has 106 valence electrons. The summed E-state index contributed by atoms with van der Waals surface area (Å²) >= 11 is 0. The Morgan fingerprint density at radius 3 is 2.80 bits per heavy atom. The van der Waals surface area contributed by atoms with Crippen molar-refractivity contribution in [2.75, 3.05) is 20.2 Å². The van der Waals surface area contributed by atoms with Crippen LogP contribution in [0.4, 0.5) is 0 Å². The van der Waals surface area contributed by atoms with E-state index >= 15 is 0 Å². The van der Waals surface area contributed by atoms with E-state index in [1.807, 2.05) is 12.1 Å². The van der Waals surface area contributed by atoms with E-state index in [9.17, 15) is 0 Å². The summed E-state index contributed by atoms with van der Waals surface area (Å²) in [5.41, 5.74) is 1.19. The van der Waals surface area contributed by atoms with E-state index in [0.29, 0.717) is 5.92 Å². The zero-order chi connectivity index (χ0) is 13.8. The lowest BCUT2D eigenvalue weighted by molar-refractivity contribution is 0.261. The number of nitrogens with zero attached hydrogens (tertiary/aromatic N) is 4. The van der Waals surface area contributed by atoms with Gasteiger partial charge in [-0.25, -0.2) is 0 Å². The van der Waals surface area contributed by atoms with Crippen LogP contribution in [-0.2, 0) is 0 Å². The minimum Gasteiger partial charge on any atom is -0.497 e. The van der Waals surface area contributed by atoms with Crippen LogP contribution in [0.25, 0.3) is 0 Å². The number of rotatable bonds is 4. The van der Waals surface area contributed by atoms with E-state index < -0.39 is 0 Å². The second-order valence-corrected chi connectivity index (χ2v) is 5.08. The summed E-state index contributed by atoms with van der Waals surface area (Å²) < 4.78 is 5.22. The molecule has 1 aliphatic rings. The van der Waals surface area contributed by atoms with E-state index in [2.05, 4.69) is 32.9 Å². The van der Waals surface area contributed by atoms with Crippen LogP contribution in [0.15, 0.2) is 30.6 Å². The van der Waals surface area contributed by atoms with Gasteiger partial charge in [-0.1, -0.05) is 12.1 Å². The van der Waals surface area contributed by atoms with Gasteiger partial charge in [-0.15, -0.1) is 10.2 Å². The monoisotopic (exact) mass is 273 g/mol. The molecule has 6 nitrogen and oxygen atoms in total. The smallest absolute Gasteiger partial charge is 0.162 e. The highest BCUT2D eigenvalue weighted by molar-refractivity contribution is 5.29. The molecular formula is C14H19N5O. The maximum Gasteiger partial charge on any atom is 0.162 e. The van der Waals surface area contributed by atoms with Gasteiger partial charge in [-0.2, -0.15) is 4.80 Å². The number of piperidine rings is 1. The largest absolute Gasteiger partial charge is 0.497 e. The molecule has 0 aliphatic carbocycles. The van der Waals surface area contributed by atoms with Crippen molar-refractivity contribution in [2.45, 2.75) is 18.9 Å². The Labute approximate surface area is 118 Å².